The minimum Gasteiger partial charge on any atom is -0.329 e. The van der Waals surface area contributed by atoms with Crippen molar-refractivity contribution in [2.24, 2.45) is 5.92 Å². The third kappa shape index (κ3) is 2.97. The van der Waals surface area contributed by atoms with Crippen molar-refractivity contribution in [3.05, 3.63) is 0 Å². The SMILES string of the molecule is CCC1C(=O)N2CCCCC2C(=O)N1CC(C)CSC. The molecule has 0 spiro atoms. The molecule has 114 valence electrons. The molecule has 2 fully saturated rings. The van der Waals surface area contributed by atoms with Crippen LogP contribution in [0, 0.1) is 5.92 Å². The van der Waals surface area contributed by atoms with Gasteiger partial charge in [0.1, 0.15) is 12.1 Å². The number of hydrogen-bond donors (Lipinski definition) is 0. The Morgan fingerprint density at radius 1 is 1.30 bits per heavy atom. The molecule has 20 heavy (non-hydrogen) atoms. The van der Waals surface area contributed by atoms with Crippen molar-refractivity contribution in [1.29, 1.82) is 0 Å². The number of carbonyl (C=O) groups is 2. The summed E-state index contributed by atoms with van der Waals surface area (Å²) in [6.45, 7) is 5.65. The highest BCUT2D eigenvalue weighted by molar-refractivity contribution is 7.98. The molecule has 0 saturated carbocycles. The fourth-order valence-electron chi connectivity index (χ4n) is 3.41. The first-order valence-electron chi connectivity index (χ1n) is 7.70. The molecule has 0 aromatic carbocycles. The number of nitrogens with zero attached hydrogens (tertiary/aromatic N) is 2. The standard InChI is InChI=1S/C15H26N2O2S/c1-4-12-14(18)16-8-6-5-7-13(16)15(19)17(12)9-11(2)10-20-3/h11-13H,4-10H2,1-3H3. The second-order valence-corrected chi connectivity index (χ2v) is 6.93. The predicted octanol–water partition coefficient (Wildman–Crippen LogP) is 1.99. The first-order valence-corrected chi connectivity index (χ1v) is 9.09. The normalized spacial score (nSPS) is 28.6. The maximum atomic E-state index is 12.7. The highest BCUT2D eigenvalue weighted by atomic mass is 32.2. The van der Waals surface area contributed by atoms with Crippen molar-refractivity contribution in [1.82, 2.24) is 9.80 Å². The van der Waals surface area contributed by atoms with Crippen molar-refractivity contribution < 1.29 is 9.59 Å². The lowest BCUT2D eigenvalue weighted by molar-refractivity contribution is -0.164. The zero-order valence-electron chi connectivity index (χ0n) is 12.8. The summed E-state index contributed by atoms with van der Waals surface area (Å²) in [5.74, 6) is 1.83. The molecule has 0 radical (unpaired) electrons. The summed E-state index contributed by atoms with van der Waals surface area (Å²) in [4.78, 5) is 29.1. The Bertz CT molecular complexity index is 375. The summed E-state index contributed by atoms with van der Waals surface area (Å²) in [7, 11) is 0. The van der Waals surface area contributed by atoms with Gasteiger partial charge in [-0.2, -0.15) is 11.8 Å². The van der Waals surface area contributed by atoms with E-state index in [-0.39, 0.29) is 23.9 Å². The quantitative estimate of drug-likeness (QED) is 0.779. The number of piperidine rings is 1. The summed E-state index contributed by atoms with van der Waals surface area (Å²) >= 11 is 1.80. The molecule has 2 saturated heterocycles. The molecule has 5 heteroatoms. The van der Waals surface area contributed by atoms with Gasteiger partial charge in [-0.25, -0.2) is 0 Å². The van der Waals surface area contributed by atoms with Crippen molar-refractivity contribution in [2.75, 3.05) is 25.1 Å². The van der Waals surface area contributed by atoms with Crippen molar-refractivity contribution in [3.63, 3.8) is 0 Å². The van der Waals surface area contributed by atoms with Gasteiger partial charge in [-0.05, 0) is 43.6 Å². The maximum absolute atomic E-state index is 12.7. The van der Waals surface area contributed by atoms with E-state index < -0.39 is 0 Å². The maximum Gasteiger partial charge on any atom is 0.246 e. The van der Waals surface area contributed by atoms with Gasteiger partial charge in [0, 0.05) is 13.1 Å². The molecule has 2 aliphatic heterocycles. The molecule has 2 heterocycles. The van der Waals surface area contributed by atoms with Crippen LogP contribution in [0.1, 0.15) is 39.5 Å². The molecule has 3 unspecified atom stereocenters. The van der Waals surface area contributed by atoms with E-state index in [4.69, 9.17) is 0 Å². The fourth-order valence-corrected chi connectivity index (χ4v) is 4.08. The number of thioether (sulfide) groups is 1. The van der Waals surface area contributed by atoms with Crippen LogP contribution < -0.4 is 0 Å². The van der Waals surface area contributed by atoms with Crippen LogP contribution in [-0.4, -0.2) is 58.8 Å². The van der Waals surface area contributed by atoms with E-state index in [2.05, 4.69) is 13.2 Å². The van der Waals surface area contributed by atoms with E-state index >= 15 is 0 Å². The van der Waals surface area contributed by atoms with Crippen LogP contribution in [-0.2, 0) is 9.59 Å². The second kappa shape index (κ2) is 6.83. The Morgan fingerprint density at radius 2 is 2.05 bits per heavy atom. The Hall–Kier alpha value is -0.710. The van der Waals surface area contributed by atoms with E-state index in [1.165, 1.54) is 0 Å². The van der Waals surface area contributed by atoms with Crippen LogP contribution in [0.25, 0.3) is 0 Å². The number of hydrogen-bond acceptors (Lipinski definition) is 3. The van der Waals surface area contributed by atoms with Crippen molar-refractivity contribution in [3.8, 4) is 0 Å². The van der Waals surface area contributed by atoms with Crippen LogP contribution >= 0.6 is 11.8 Å². The second-order valence-electron chi connectivity index (χ2n) is 6.02. The molecular formula is C15H26N2O2S. The number of carbonyl (C=O) groups excluding carboxylic acids is 2. The zero-order chi connectivity index (χ0) is 14.7. The van der Waals surface area contributed by atoms with E-state index in [1.807, 2.05) is 16.7 Å². The first kappa shape index (κ1) is 15.7. The Labute approximate surface area is 126 Å². The van der Waals surface area contributed by atoms with Crippen LogP contribution in [0.2, 0.25) is 0 Å². The van der Waals surface area contributed by atoms with E-state index in [1.54, 1.807) is 11.8 Å². The van der Waals surface area contributed by atoms with Gasteiger partial charge in [-0.15, -0.1) is 0 Å². The Morgan fingerprint density at radius 3 is 2.70 bits per heavy atom. The number of piperazine rings is 1. The molecule has 2 amide bonds. The summed E-state index contributed by atoms with van der Waals surface area (Å²) in [6, 6.07) is -0.415. The molecule has 0 aromatic rings. The molecule has 2 aliphatic rings. The largest absolute Gasteiger partial charge is 0.329 e. The molecule has 2 rings (SSSR count). The van der Waals surface area contributed by atoms with Crippen LogP contribution in [0.3, 0.4) is 0 Å². The minimum absolute atomic E-state index is 0.174. The monoisotopic (exact) mass is 298 g/mol. The van der Waals surface area contributed by atoms with Gasteiger partial charge in [-0.1, -0.05) is 13.8 Å². The third-order valence-electron chi connectivity index (χ3n) is 4.36. The summed E-state index contributed by atoms with van der Waals surface area (Å²) < 4.78 is 0. The minimum atomic E-state index is -0.235. The zero-order valence-corrected chi connectivity index (χ0v) is 13.6. The molecular weight excluding hydrogens is 272 g/mol. The summed E-state index contributed by atoms with van der Waals surface area (Å²) in [5.41, 5.74) is 0. The third-order valence-corrected chi connectivity index (χ3v) is 5.26. The van der Waals surface area contributed by atoms with Crippen LogP contribution in [0.5, 0.6) is 0 Å². The van der Waals surface area contributed by atoms with Crippen LogP contribution in [0.15, 0.2) is 0 Å². The van der Waals surface area contributed by atoms with Gasteiger partial charge < -0.3 is 9.80 Å². The number of rotatable bonds is 5. The molecule has 0 aliphatic carbocycles. The van der Waals surface area contributed by atoms with Gasteiger partial charge in [0.25, 0.3) is 0 Å². The smallest absolute Gasteiger partial charge is 0.246 e. The van der Waals surface area contributed by atoms with E-state index in [0.29, 0.717) is 12.5 Å². The highest BCUT2D eigenvalue weighted by Gasteiger charge is 2.45. The summed E-state index contributed by atoms with van der Waals surface area (Å²) in [6.07, 6.45) is 5.74. The topological polar surface area (TPSA) is 40.6 Å². The van der Waals surface area contributed by atoms with E-state index in [0.717, 1.165) is 38.0 Å². The molecule has 3 atom stereocenters. The van der Waals surface area contributed by atoms with Gasteiger partial charge in [0.05, 0.1) is 0 Å². The molecule has 4 nitrogen and oxygen atoms in total. The lowest BCUT2D eigenvalue weighted by Crippen LogP contribution is -2.66. The van der Waals surface area contributed by atoms with Gasteiger partial charge in [-0.3, -0.25) is 9.59 Å². The average Bonchev–Trinajstić information content (AvgIpc) is 2.45. The van der Waals surface area contributed by atoms with Gasteiger partial charge in [0.15, 0.2) is 0 Å². The fraction of sp³-hybridized carbons (Fsp3) is 0.867. The van der Waals surface area contributed by atoms with Crippen LogP contribution in [0.4, 0.5) is 0 Å². The molecule has 0 N–H and O–H groups in total. The van der Waals surface area contributed by atoms with E-state index in [9.17, 15) is 9.59 Å². The number of amides is 2. The molecule has 0 bridgehead atoms. The highest BCUT2D eigenvalue weighted by Crippen LogP contribution is 2.28. The molecule has 0 aromatic heterocycles. The average molecular weight is 298 g/mol. The lowest BCUT2D eigenvalue weighted by Gasteiger charge is -2.47. The lowest BCUT2D eigenvalue weighted by atomic mass is 9.93. The van der Waals surface area contributed by atoms with Gasteiger partial charge >= 0.3 is 0 Å². The predicted molar refractivity (Wildman–Crippen MR) is 82.7 cm³/mol. The Kier molecular flexibility index (Phi) is 5.35. The van der Waals surface area contributed by atoms with Gasteiger partial charge in [0.2, 0.25) is 11.8 Å². The number of fused-ring (bicyclic) bond motifs is 1. The summed E-state index contributed by atoms with van der Waals surface area (Å²) in [5, 5.41) is 0. The first-order chi connectivity index (χ1) is 9.60. The van der Waals surface area contributed by atoms with Crippen molar-refractivity contribution >= 4 is 23.6 Å². The Balaban J connectivity index is 2.15. The van der Waals surface area contributed by atoms with Crippen molar-refractivity contribution in [2.45, 2.75) is 51.6 Å².